The number of anilines is 1. The Kier molecular flexibility index (Phi) is 4.07. The first-order chi connectivity index (χ1) is 14.1. The summed E-state index contributed by atoms with van der Waals surface area (Å²) in [6, 6.07) is 5.02. The van der Waals surface area contributed by atoms with Crippen molar-refractivity contribution in [2.75, 3.05) is 19.0 Å². The maximum Gasteiger partial charge on any atom is 0.244 e. The number of likely N-dealkylation sites (tertiary alicyclic amines) is 1. The van der Waals surface area contributed by atoms with Crippen LogP contribution in [0.4, 0.5) is 5.69 Å². The lowest BCUT2D eigenvalue weighted by atomic mass is 9.81. The van der Waals surface area contributed by atoms with Gasteiger partial charge < -0.3 is 10.1 Å². The van der Waals surface area contributed by atoms with Gasteiger partial charge in [0, 0.05) is 5.69 Å². The second-order valence-corrected chi connectivity index (χ2v) is 7.84. The third-order valence-corrected chi connectivity index (χ3v) is 6.38. The number of imide groups is 1. The molecule has 10 heteroatoms. The van der Waals surface area contributed by atoms with E-state index in [1.807, 2.05) is 0 Å². The van der Waals surface area contributed by atoms with E-state index in [-0.39, 0.29) is 30.2 Å². The van der Waals surface area contributed by atoms with Gasteiger partial charge in [-0.1, -0.05) is 0 Å². The average Bonchev–Trinajstić information content (AvgIpc) is 3.50. The topological polar surface area (TPSA) is 119 Å². The molecule has 150 valence electrons. The van der Waals surface area contributed by atoms with E-state index in [2.05, 4.69) is 20.8 Å². The molecule has 5 rings (SSSR count). The average molecular weight is 396 g/mol. The Hall–Kier alpha value is -3.30. The van der Waals surface area contributed by atoms with Gasteiger partial charge in [0.2, 0.25) is 17.7 Å². The number of fused-ring (bicyclic) bond motifs is 5. The summed E-state index contributed by atoms with van der Waals surface area (Å²) in [5.41, 5.74) is 1.04. The van der Waals surface area contributed by atoms with E-state index in [0.717, 1.165) is 24.2 Å². The molecule has 4 atom stereocenters. The van der Waals surface area contributed by atoms with E-state index >= 15 is 0 Å². The third-order valence-electron chi connectivity index (χ3n) is 6.38. The summed E-state index contributed by atoms with van der Waals surface area (Å²) in [7, 11) is 1.52. The second-order valence-electron chi connectivity index (χ2n) is 7.84. The summed E-state index contributed by atoms with van der Waals surface area (Å²) in [5.74, 6) is -0.110. The Morgan fingerprint density at radius 1 is 1.21 bits per heavy atom. The molecule has 2 saturated carbocycles. The predicted molar refractivity (Wildman–Crippen MR) is 98.9 cm³/mol. The minimum Gasteiger partial charge on any atom is -0.494 e. The number of nitrogens with zero attached hydrogens (tertiary/aromatic N) is 5. The van der Waals surface area contributed by atoms with Gasteiger partial charge in [0.15, 0.2) is 0 Å². The van der Waals surface area contributed by atoms with Gasteiger partial charge >= 0.3 is 0 Å². The highest BCUT2D eigenvalue weighted by Crippen LogP contribution is 2.56. The lowest BCUT2D eigenvalue weighted by molar-refractivity contribution is -0.143. The third kappa shape index (κ3) is 2.78. The largest absolute Gasteiger partial charge is 0.494 e. The molecule has 2 aromatic rings. The molecule has 1 saturated heterocycles. The van der Waals surface area contributed by atoms with Crippen LogP contribution < -0.4 is 10.1 Å². The van der Waals surface area contributed by atoms with Crippen molar-refractivity contribution in [2.24, 2.45) is 23.7 Å². The van der Waals surface area contributed by atoms with Crippen LogP contribution >= 0.6 is 0 Å². The molecule has 1 aromatic carbocycles. The van der Waals surface area contributed by atoms with Crippen LogP contribution in [0.3, 0.4) is 0 Å². The van der Waals surface area contributed by atoms with E-state index in [1.54, 1.807) is 18.2 Å². The van der Waals surface area contributed by atoms with Crippen LogP contribution in [0.25, 0.3) is 5.69 Å². The Bertz CT molecular complexity index is 963. The SMILES string of the molecule is COc1ccc(NC(=O)CN2C(=O)C3C4CCC(C4)C3C2=O)cc1-n1cnnn1. The quantitative estimate of drug-likeness (QED) is 0.737. The van der Waals surface area contributed by atoms with Gasteiger partial charge in [-0.2, -0.15) is 4.68 Å². The fourth-order valence-corrected chi connectivity index (χ4v) is 5.19. The Balaban J connectivity index is 1.31. The van der Waals surface area contributed by atoms with Crippen molar-refractivity contribution in [3.05, 3.63) is 24.5 Å². The monoisotopic (exact) mass is 396 g/mol. The fourth-order valence-electron chi connectivity index (χ4n) is 5.19. The second kappa shape index (κ2) is 6.64. The van der Waals surface area contributed by atoms with Gasteiger partial charge in [-0.05, 0) is 59.7 Å². The maximum atomic E-state index is 12.8. The number of ether oxygens (including phenoxy) is 1. The van der Waals surface area contributed by atoms with Crippen molar-refractivity contribution in [1.29, 1.82) is 0 Å². The van der Waals surface area contributed by atoms with Crippen molar-refractivity contribution < 1.29 is 19.1 Å². The zero-order valence-electron chi connectivity index (χ0n) is 15.8. The van der Waals surface area contributed by atoms with Crippen LogP contribution in [0.1, 0.15) is 19.3 Å². The summed E-state index contributed by atoms with van der Waals surface area (Å²) >= 11 is 0. The Labute approximate surface area is 166 Å². The van der Waals surface area contributed by atoms with Crippen molar-refractivity contribution in [2.45, 2.75) is 19.3 Å². The Morgan fingerprint density at radius 3 is 2.55 bits per heavy atom. The lowest BCUT2D eigenvalue weighted by Crippen LogP contribution is -2.39. The van der Waals surface area contributed by atoms with E-state index in [9.17, 15) is 14.4 Å². The van der Waals surface area contributed by atoms with Crippen LogP contribution in [0.15, 0.2) is 24.5 Å². The number of methoxy groups -OCH3 is 1. The molecule has 2 aliphatic carbocycles. The van der Waals surface area contributed by atoms with Gasteiger partial charge in [0.05, 0.1) is 18.9 Å². The molecule has 1 N–H and O–H groups in total. The molecule has 2 bridgehead atoms. The number of hydrogen-bond donors (Lipinski definition) is 1. The van der Waals surface area contributed by atoms with E-state index in [0.29, 0.717) is 29.0 Å². The first kappa shape index (κ1) is 17.8. The van der Waals surface area contributed by atoms with E-state index in [4.69, 9.17) is 4.74 Å². The van der Waals surface area contributed by atoms with E-state index in [1.165, 1.54) is 18.1 Å². The van der Waals surface area contributed by atoms with Crippen molar-refractivity contribution >= 4 is 23.4 Å². The van der Waals surface area contributed by atoms with Crippen molar-refractivity contribution in [1.82, 2.24) is 25.1 Å². The van der Waals surface area contributed by atoms with Crippen LogP contribution in [0.5, 0.6) is 5.75 Å². The highest BCUT2D eigenvalue weighted by Gasteiger charge is 2.60. The molecule has 0 spiro atoms. The molecule has 29 heavy (non-hydrogen) atoms. The number of amides is 3. The number of rotatable bonds is 5. The predicted octanol–water partition coefficient (Wildman–Crippen LogP) is 0.640. The molecule has 1 aromatic heterocycles. The minimum absolute atomic E-state index is 0.188. The van der Waals surface area contributed by atoms with Crippen LogP contribution in [0, 0.1) is 23.7 Å². The number of hydrogen-bond acceptors (Lipinski definition) is 7. The molecule has 3 aliphatic rings. The van der Waals surface area contributed by atoms with Gasteiger partial charge in [0.25, 0.3) is 0 Å². The van der Waals surface area contributed by atoms with Crippen LogP contribution in [0.2, 0.25) is 0 Å². The molecule has 4 unspecified atom stereocenters. The molecular weight excluding hydrogens is 376 g/mol. The summed E-state index contributed by atoms with van der Waals surface area (Å²) in [5, 5.41) is 13.8. The fraction of sp³-hybridized carbons (Fsp3) is 0.474. The summed E-state index contributed by atoms with van der Waals surface area (Å²) in [6.45, 7) is -0.268. The molecule has 10 nitrogen and oxygen atoms in total. The number of carbonyl (C=O) groups excluding carboxylic acids is 3. The smallest absolute Gasteiger partial charge is 0.244 e. The number of nitrogens with one attached hydrogen (secondary N) is 1. The van der Waals surface area contributed by atoms with Crippen LogP contribution in [-0.4, -0.2) is 56.5 Å². The summed E-state index contributed by atoms with van der Waals surface area (Å²) < 4.78 is 6.72. The highest BCUT2D eigenvalue weighted by molar-refractivity contribution is 6.09. The molecule has 3 fully saturated rings. The zero-order chi connectivity index (χ0) is 20.1. The minimum atomic E-state index is -0.424. The van der Waals surface area contributed by atoms with Crippen molar-refractivity contribution in [3.63, 3.8) is 0 Å². The number of carbonyl (C=O) groups is 3. The normalized spacial score (nSPS) is 27.4. The lowest BCUT2D eigenvalue weighted by Gasteiger charge is -2.19. The van der Waals surface area contributed by atoms with Crippen molar-refractivity contribution in [3.8, 4) is 11.4 Å². The highest BCUT2D eigenvalue weighted by atomic mass is 16.5. The first-order valence-electron chi connectivity index (χ1n) is 9.63. The number of benzene rings is 1. The molecule has 3 amide bonds. The summed E-state index contributed by atoms with van der Waals surface area (Å²) in [6.07, 6.45) is 4.41. The first-order valence-corrected chi connectivity index (χ1v) is 9.63. The molecule has 0 radical (unpaired) electrons. The van der Waals surface area contributed by atoms with Gasteiger partial charge in [0.1, 0.15) is 24.3 Å². The molecule has 1 aliphatic heterocycles. The maximum absolute atomic E-state index is 12.8. The van der Waals surface area contributed by atoms with Crippen LogP contribution in [-0.2, 0) is 14.4 Å². The molecule has 2 heterocycles. The zero-order valence-corrected chi connectivity index (χ0v) is 15.8. The Morgan fingerprint density at radius 2 is 1.93 bits per heavy atom. The molecular formula is C19H20N6O4. The number of aromatic nitrogens is 4. The summed E-state index contributed by atoms with van der Waals surface area (Å²) in [4.78, 5) is 39.2. The van der Waals surface area contributed by atoms with Gasteiger partial charge in [-0.25, -0.2) is 0 Å². The number of tetrazole rings is 1. The van der Waals surface area contributed by atoms with E-state index < -0.39 is 5.91 Å². The standard InChI is InChI=1S/C19H20N6O4/c1-29-14-5-4-12(7-13(14)25-9-20-22-23-25)21-15(26)8-24-18(27)16-10-2-3-11(6-10)17(16)19(24)28/h4-5,7,9-11,16-17H,2-3,6,8H2,1H3,(H,21,26). The van der Waals surface area contributed by atoms with Gasteiger partial charge in [-0.3, -0.25) is 19.3 Å². The van der Waals surface area contributed by atoms with Gasteiger partial charge in [-0.15, -0.1) is 5.10 Å².